The number of para-hydroxylation sites is 1. The molecule has 0 unspecified atom stereocenters. The van der Waals surface area contributed by atoms with Crippen LogP contribution in [0.4, 0.5) is 5.69 Å². The molecule has 1 aromatic heterocycles. The number of anilines is 1. The highest BCUT2D eigenvalue weighted by molar-refractivity contribution is 5.92. The van der Waals surface area contributed by atoms with Gasteiger partial charge in [-0.3, -0.25) is 0 Å². The van der Waals surface area contributed by atoms with Crippen molar-refractivity contribution in [2.24, 2.45) is 0 Å². The molecule has 0 bridgehead atoms. The molecule has 1 heterocycles. The van der Waals surface area contributed by atoms with Crippen LogP contribution in [0.3, 0.4) is 0 Å². The van der Waals surface area contributed by atoms with Gasteiger partial charge in [0.2, 0.25) is 0 Å². The predicted molar refractivity (Wildman–Crippen MR) is 60.7 cm³/mol. The van der Waals surface area contributed by atoms with E-state index in [0.717, 1.165) is 18.6 Å². The Labute approximate surface area is 84.5 Å². The number of hydrogen-bond acceptors (Lipinski definition) is 1. The summed E-state index contributed by atoms with van der Waals surface area (Å²) in [5, 5.41) is 1.26. The predicted octanol–water partition coefficient (Wildman–Crippen LogP) is 2.81. The summed E-state index contributed by atoms with van der Waals surface area (Å²) in [5.74, 6) is 0. The molecular weight excluding hydrogens is 172 g/mol. The first-order valence-electron chi connectivity index (χ1n) is 5.10. The molecule has 0 spiro atoms. The van der Waals surface area contributed by atoms with Gasteiger partial charge in [-0.15, -0.1) is 0 Å². The Balaban J connectivity index is 2.51. The molecule has 0 saturated heterocycles. The van der Waals surface area contributed by atoms with Crippen LogP contribution in [0.25, 0.3) is 10.9 Å². The van der Waals surface area contributed by atoms with Gasteiger partial charge in [-0.1, -0.05) is 18.2 Å². The van der Waals surface area contributed by atoms with Gasteiger partial charge in [-0.2, -0.15) is 0 Å². The first-order valence-corrected chi connectivity index (χ1v) is 5.10. The van der Waals surface area contributed by atoms with E-state index in [0.29, 0.717) is 0 Å². The zero-order valence-electron chi connectivity index (χ0n) is 8.67. The van der Waals surface area contributed by atoms with Crippen molar-refractivity contribution in [3.8, 4) is 0 Å². The maximum absolute atomic E-state index is 3.22. The van der Waals surface area contributed by atoms with E-state index in [1.54, 1.807) is 0 Å². The standard InChI is InChI=1S/C12H15N2/c1-3-14(4-2)12-9-13-11-8-6-5-7-10(11)12/h5-8,13H,3-4H2,1-2H3. The largest absolute Gasteiger partial charge is 0.370 e. The third kappa shape index (κ3) is 1.37. The first kappa shape index (κ1) is 9.13. The fourth-order valence-electron chi connectivity index (χ4n) is 1.78. The summed E-state index contributed by atoms with van der Waals surface area (Å²) in [6.07, 6.45) is 3.22. The number of benzene rings is 1. The van der Waals surface area contributed by atoms with E-state index in [1.807, 2.05) is 6.07 Å². The van der Waals surface area contributed by atoms with Crippen LogP contribution in [0.15, 0.2) is 24.3 Å². The zero-order chi connectivity index (χ0) is 9.97. The van der Waals surface area contributed by atoms with E-state index >= 15 is 0 Å². The van der Waals surface area contributed by atoms with E-state index in [-0.39, 0.29) is 0 Å². The molecule has 0 aliphatic rings. The zero-order valence-corrected chi connectivity index (χ0v) is 8.67. The lowest BCUT2D eigenvalue weighted by molar-refractivity contribution is 0.869. The number of rotatable bonds is 3. The molecule has 0 fully saturated rings. The van der Waals surface area contributed by atoms with Crippen molar-refractivity contribution < 1.29 is 0 Å². The Morgan fingerprint density at radius 3 is 2.64 bits per heavy atom. The van der Waals surface area contributed by atoms with Gasteiger partial charge in [-0.05, 0) is 19.9 Å². The lowest BCUT2D eigenvalue weighted by Gasteiger charge is -2.19. The van der Waals surface area contributed by atoms with Crippen molar-refractivity contribution >= 4 is 16.6 Å². The van der Waals surface area contributed by atoms with Gasteiger partial charge >= 0.3 is 0 Å². The average molecular weight is 187 g/mol. The minimum atomic E-state index is 1.02. The molecule has 73 valence electrons. The van der Waals surface area contributed by atoms with Crippen LogP contribution in [0.5, 0.6) is 0 Å². The Morgan fingerprint density at radius 1 is 1.21 bits per heavy atom. The van der Waals surface area contributed by atoms with Gasteiger partial charge in [0.15, 0.2) is 0 Å². The van der Waals surface area contributed by atoms with Gasteiger partial charge in [0.1, 0.15) is 0 Å². The number of aromatic nitrogens is 1. The van der Waals surface area contributed by atoms with Crippen molar-refractivity contribution in [2.75, 3.05) is 18.0 Å². The second kappa shape index (κ2) is 3.74. The normalized spacial score (nSPS) is 10.7. The molecule has 14 heavy (non-hydrogen) atoms. The number of nitrogens with zero attached hydrogens (tertiary/aromatic N) is 1. The van der Waals surface area contributed by atoms with Gasteiger partial charge in [-0.25, -0.2) is 0 Å². The average Bonchev–Trinajstić information content (AvgIpc) is 2.65. The Hall–Kier alpha value is -1.44. The van der Waals surface area contributed by atoms with Crippen LogP contribution < -0.4 is 4.90 Å². The van der Waals surface area contributed by atoms with E-state index in [9.17, 15) is 0 Å². The molecule has 2 nitrogen and oxygen atoms in total. The quantitative estimate of drug-likeness (QED) is 0.782. The number of aromatic amines is 1. The molecule has 0 saturated carbocycles. The summed E-state index contributed by atoms with van der Waals surface area (Å²) in [4.78, 5) is 5.48. The maximum atomic E-state index is 3.22. The lowest BCUT2D eigenvalue weighted by atomic mass is 10.2. The number of hydrogen-bond donors (Lipinski definition) is 1. The highest BCUT2D eigenvalue weighted by Crippen LogP contribution is 2.25. The van der Waals surface area contributed by atoms with Crippen molar-refractivity contribution in [3.63, 3.8) is 0 Å². The topological polar surface area (TPSA) is 19.0 Å². The summed E-state index contributed by atoms with van der Waals surface area (Å²) in [5.41, 5.74) is 2.35. The highest BCUT2D eigenvalue weighted by atomic mass is 15.1. The number of H-pyrrole nitrogens is 1. The molecule has 0 aliphatic carbocycles. The van der Waals surface area contributed by atoms with Crippen LogP contribution in [-0.4, -0.2) is 18.1 Å². The molecular formula is C12H15N2. The lowest BCUT2D eigenvalue weighted by Crippen LogP contribution is -2.21. The van der Waals surface area contributed by atoms with Gasteiger partial charge in [0, 0.05) is 24.0 Å². The smallest absolute Gasteiger partial charge is 0.0890 e. The van der Waals surface area contributed by atoms with Gasteiger partial charge < -0.3 is 9.88 Å². The fourth-order valence-corrected chi connectivity index (χ4v) is 1.78. The summed E-state index contributed by atoms with van der Waals surface area (Å²) in [6, 6.07) is 8.32. The minimum Gasteiger partial charge on any atom is -0.370 e. The van der Waals surface area contributed by atoms with Crippen LogP contribution >= 0.6 is 0 Å². The molecule has 1 aromatic carbocycles. The molecule has 0 aliphatic heterocycles. The van der Waals surface area contributed by atoms with Crippen LogP contribution in [-0.2, 0) is 0 Å². The molecule has 2 heteroatoms. The summed E-state index contributed by atoms with van der Waals surface area (Å²) in [6.45, 7) is 6.38. The first-order chi connectivity index (χ1) is 6.86. The van der Waals surface area contributed by atoms with Crippen molar-refractivity contribution in [3.05, 3.63) is 30.5 Å². The molecule has 1 N–H and O–H groups in total. The Kier molecular flexibility index (Phi) is 2.44. The van der Waals surface area contributed by atoms with Crippen LogP contribution in [0.2, 0.25) is 0 Å². The van der Waals surface area contributed by atoms with Crippen molar-refractivity contribution in [2.45, 2.75) is 13.8 Å². The molecule has 1 radical (unpaired) electrons. The Morgan fingerprint density at radius 2 is 1.93 bits per heavy atom. The number of nitrogens with one attached hydrogen (secondary N) is 1. The molecule has 2 aromatic rings. The fraction of sp³-hybridized carbons (Fsp3) is 0.333. The third-order valence-electron chi connectivity index (χ3n) is 2.58. The number of fused-ring (bicyclic) bond motifs is 1. The van der Waals surface area contributed by atoms with Crippen LogP contribution in [0.1, 0.15) is 13.8 Å². The van der Waals surface area contributed by atoms with E-state index in [1.165, 1.54) is 11.1 Å². The summed E-state index contributed by atoms with van der Waals surface area (Å²) < 4.78 is 0. The van der Waals surface area contributed by atoms with Gasteiger partial charge in [0.25, 0.3) is 0 Å². The van der Waals surface area contributed by atoms with E-state index < -0.39 is 0 Å². The summed E-state index contributed by atoms with van der Waals surface area (Å²) in [7, 11) is 0. The Bertz CT molecular complexity index is 413. The van der Waals surface area contributed by atoms with Gasteiger partial charge in [0.05, 0.1) is 11.9 Å². The van der Waals surface area contributed by atoms with Crippen LogP contribution in [0, 0.1) is 6.20 Å². The minimum absolute atomic E-state index is 1.02. The van der Waals surface area contributed by atoms with Crippen molar-refractivity contribution in [1.82, 2.24) is 4.98 Å². The summed E-state index contributed by atoms with van der Waals surface area (Å²) >= 11 is 0. The third-order valence-corrected chi connectivity index (χ3v) is 2.58. The molecule has 2 rings (SSSR count). The maximum Gasteiger partial charge on any atom is 0.0890 e. The SMILES string of the molecule is CCN(CC)c1[c][nH]c2ccccc12. The molecule has 0 atom stereocenters. The second-order valence-electron chi connectivity index (χ2n) is 3.32. The van der Waals surface area contributed by atoms with E-state index in [2.05, 4.69) is 48.1 Å². The molecule has 0 amide bonds. The van der Waals surface area contributed by atoms with E-state index in [4.69, 9.17) is 0 Å². The van der Waals surface area contributed by atoms with Crippen molar-refractivity contribution in [1.29, 1.82) is 0 Å². The second-order valence-corrected chi connectivity index (χ2v) is 3.32. The monoisotopic (exact) mass is 187 g/mol. The highest BCUT2D eigenvalue weighted by Gasteiger charge is 2.07.